The molecule has 1 heterocycles. The summed E-state index contributed by atoms with van der Waals surface area (Å²) >= 11 is 1.37. The highest BCUT2D eigenvalue weighted by Gasteiger charge is 2.20. The number of carbonyl (C=O) groups is 1. The number of nitrogens with zero attached hydrogens (tertiary/aromatic N) is 1. The lowest BCUT2D eigenvalue weighted by molar-refractivity contribution is -0.122. The number of para-hydroxylation sites is 2. The Morgan fingerprint density at radius 3 is 2.75 bits per heavy atom. The number of aromatic nitrogens is 1. The zero-order valence-corrected chi connectivity index (χ0v) is 12.1. The molecule has 0 radical (unpaired) electrons. The van der Waals surface area contributed by atoms with Gasteiger partial charge in [0.1, 0.15) is 0 Å². The molecule has 6 heteroatoms. The number of rotatable bonds is 6. The van der Waals surface area contributed by atoms with Crippen LogP contribution in [0.2, 0.25) is 0 Å². The Kier molecular flexibility index (Phi) is 4.95. The Balaban J connectivity index is 2.06. The number of thiazole rings is 1. The second-order valence-electron chi connectivity index (χ2n) is 3.99. The molecule has 0 bridgehead atoms. The van der Waals surface area contributed by atoms with Gasteiger partial charge in [-0.25, -0.2) is 4.98 Å². The number of amides is 1. The quantitative estimate of drug-likeness (QED) is 0.889. The lowest BCUT2D eigenvalue weighted by Gasteiger charge is -2.18. The molecule has 2 rings (SSSR count). The number of hydrogen-bond acceptors (Lipinski definition) is 5. The molecule has 1 aromatic heterocycles. The summed E-state index contributed by atoms with van der Waals surface area (Å²) in [5, 5.41) is 5.10. The minimum Gasteiger partial charge on any atom is -0.493 e. The highest BCUT2D eigenvalue weighted by atomic mass is 32.1. The van der Waals surface area contributed by atoms with Crippen LogP contribution in [0.1, 0.15) is 13.3 Å². The summed E-state index contributed by atoms with van der Waals surface area (Å²) in [6, 6.07) is 7.25. The van der Waals surface area contributed by atoms with Crippen molar-refractivity contribution in [3.05, 3.63) is 35.8 Å². The molecule has 20 heavy (non-hydrogen) atoms. The van der Waals surface area contributed by atoms with E-state index in [9.17, 15) is 4.79 Å². The summed E-state index contributed by atoms with van der Waals surface area (Å²) in [6.45, 7) is 1.89. The van der Waals surface area contributed by atoms with Crippen molar-refractivity contribution in [1.82, 2.24) is 4.98 Å². The summed E-state index contributed by atoms with van der Waals surface area (Å²) in [6.07, 6.45) is 1.60. The smallest absolute Gasteiger partial charge is 0.267 e. The third-order valence-electron chi connectivity index (χ3n) is 2.66. The molecule has 1 atom stereocenters. The second kappa shape index (κ2) is 6.91. The first-order chi connectivity index (χ1) is 9.74. The van der Waals surface area contributed by atoms with Gasteiger partial charge >= 0.3 is 0 Å². The molecule has 0 aliphatic carbocycles. The minimum absolute atomic E-state index is 0.214. The molecule has 5 nitrogen and oxygen atoms in total. The van der Waals surface area contributed by atoms with Gasteiger partial charge in [0.15, 0.2) is 22.7 Å². The fourth-order valence-electron chi connectivity index (χ4n) is 1.66. The molecule has 1 amide bonds. The first-order valence-corrected chi connectivity index (χ1v) is 7.12. The van der Waals surface area contributed by atoms with Crippen LogP contribution in [0.3, 0.4) is 0 Å². The van der Waals surface area contributed by atoms with Crippen LogP contribution in [-0.4, -0.2) is 24.1 Å². The topological polar surface area (TPSA) is 60.5 Å². The van der Waals surface area contributed by atoms with E-state index in [1.54, 1.807) is 30.8 Å². The molecule has 0 aliphatic rings. The van der Waals surface area contributed by atoms with Gasteiger partial charge in [-0.3, -0.25) is 10.1 Å². The maximum Gasteiger partial charge on any atom is 0.267 e. The van der Waals surface area contributed by atoms with Gasteiger partial charge < -0.3 is 9.47 Å². The van der Waals surface area contributed by atoms with E-state index in [-0.39, 0.29) is 5.91 Å². The van der Waals surface area contributed by atoms with Crippen molar-refractivity contribution in [2.45, 2.75) is 19.4 Å². The fraction of sp³-hybridized carbons (Fsp3) is 0.286. The summed E-state index contributed by atoms with van der Waals surface area (Å²) in [4.78, 5) is 16.2. The summed E-state index contributed by atoms with van der Waals surface area (Å²) in [5.41, 5.74) is 0. The van der Waals surface area contributed by atoms with Crippen LogP contribution in [0, 0.1) is 0 Å². The molecule has 0 saturated carbocycles. The molecular formula is C14H16N2O3S. The van der Waals surface area contributed by atoms with Crippen LogP contribution in [0.15, 0.2) is 35.8 Å². The average molecular weight is 292 g/mol. The number of carbonyl (C=O) groups excluding carboxylic acids is 1. The standard InChI is InChI=1S/C14H16N2O3S/c1-3-10(13(17)16-14-15-8-9-20-14)19-12-7-5-4-6-11(12)18-2/h4-10H,3H2,1-2H3,(H,15,16,17)/t10-/m0/s1. The number of methoxy groups -OCH3 is 1. The van der Waals surface area contributed by atoms with E-state index >= 15 is 0 Å². The predicted molar refractivity (Wildman–Crippen MR) is 78.4 cm³/mol. The SMILES string of the molecule is CC[C@H](Oc1ccccc1OC)C(=O)Nc1nccs1. The van der Waals surface area contributed by atoms with Gasteiger partial charge in [0.25, 0.3) is 5.91 Å². The Labute approximate surface area is 121 Å². The van der Waals surface area contributed by atoms with Crippen molar-refractivity contribution in [3.63, 3.8) is 0 Å². The monoisotopic (exact) mass is 292 g/mol. The largest absolute Gasteiger partial charge is 0.493 e. The van der Waals surface area contributed by atoms with Gasteiger partial charge in [0.05, 0.1) is 7.11 Å². The van der Waals surface area contributed by atoms with Crippen molar-refractivity contribution >= 4 is 22.4 Å². The summed E-state index contributed by atoms with van der Waals surface area (Å²) in [7, 11) is 1.57. The highest BCUT2D eigenvalue weighted by Crippen LogP contribution is 2.27. The van der Waals surface area contributed by atoms with Crippen LogP contribution < -0.4 is 14.8 Å². The lowest BCUT2D eigenvalue weighted by Crippen LogP contribution is -2.32. The number of hydrogen-bond donors (Lipinski definition) is 1. The number of nitrogens with one attached hydrogen (secondary N) is 1. The van der Waals surface area contributed by atoms with Crippen molar-refractivity contribution in [2.75, 3.05) is 12.4 Å². The third kappa shape index (κ3) is 3.48. The van der Waals surface area contributed by atoms with Crippen LogP contribution in [0.4, 0.5) is 5.13 Å². The molecule has 106 valence electrons. The zero-order valence-electron chi connectivity index (χ0n) is 11.3. The molecule has 0 fully saturated rings. The van der Waals surface area contributed by atoms with E-state index in [0.717, 1.165) is 0 Å². The number of anilines is 1. The fourth-order valence-corrected chi connectivity index (χ4v) is 2.19. The average Bonchev–Trinajstić information content (AvgIpc) is 2.97. The molecule has 0 unspecified atom stereocenters. The van der Waals surface area contributed by atoms with Crippen LogP contribution in [-0.2, 0) is 4.79 Å². The Morgan fingerprint density at radius 2 is 2.15 bits per heavy atom. The van der Waals surface area contributed by atoms with E-state index in [0.29, 0.717) is 23.1 Å². The Morgan fingerprint density at radius 1 is 1.40 bits per heavy atom. The maximum atomic E-state index is 12.1. The van der Waals surface area contributed by atoms with Gasteiger partial charge in [0, 0.05) is 11.6 Å². The normalized spacial score (nSPS) is 11.7. The van der Waals surface area contributed by atoms with Gasteiger partial charge in [-0.15, -0.1) is 11.3 Å². The summed E-state index contributed by atoms with van der Waals surface area (Å²) < 4.78 is 10.9. The second-order valence-corrected chi connectivity index (χ2v) is 4.89. The van der Waals surface area contributed by atoms with E-state index in [1.807, 2.05) is 19.1 Å². The van der Waals surface area contributed by atoms with Crippen molar-refractivity contribution in [2.24, 2.45) is 0 Å². The van der Waals surface area contributed by atoms with Crippen molar-refractivity contribution in [3.8, 4) is 11.5 Å². The lowest BCUT2D eigenvalue weighted by atomic mass is 10.2. The molecular weight excluding hydrogens is 276 g/mol. The molecule has 0 saturated heterocycles. The highest BCUT2D eigenvalue weighted by molar-refractivity contribution is 7.13. The van der Waals surface area contributed by atoms with E-state index in [4.69, 9.17) is 9.47 Å². The van der Waals surface area contributed by atoms with Crippen LogP contribution in [0.5, 0.6) is 11.5 Å². The molecule has 2 aromatic rings. The number of benzene rings is 1. The zero-order chi connectivity index (χ0) is 14.4. The third-order valence-corrected chi connectivity index (χ3v) is 3.35. The molecule has 0 spiro atoms. The van der Waals surface area contributed by atoms with Gasteiger partial charge in [-0.05, 0) is 18.6 Å². The van der Waals surface area contributed by atoms with Crippen LogP contribution >= 0.6 is 11.3 Å². The van der Waals surface area contributed by atoms with Crippen molar-refractivity contribution < 1.29 is 14.3 Å². The number of ether oxygens (including phenoxy) is 2. The predicted octanol–water partition coefficient (Wildman–Crippen LogP) is 2.95. The first-order valence-electron chi connectivity index (χ1n) is 6.24. The van der Waals surface area contributed by atoms with Crippen molar-refractivity contribution in [1.29, 1.82) is 0 Å². The molecule has 1 N–H and O–H groups in total. The van der Waals surface area contributed by atoms with E-state index < -0.39 is 6.10 Å². The van der Waals surface area contributed by atoms with Gasteiger partial charge in [-0.2, -0.15) is 0 Å². The Bertz CT molecular complexity index is 557. The first kappa shape index (κ1) is 14.3. The Hall–Kier alpha value is -2.08. The molecule has 1 aromatic carbocycles. The van der Waals surface area contributed by atoms with Gasteiger partial charge in [0.2, 0.25) is 0 Å². The maximum absolute atomic E-state index is 12.1. The van der Waals surface area contributed by atoms with E-state index in [1.165, 1.54) is 11.3 Å². The van der Waals surface area contributed by atoms with Crippen LogP contribution in [0.25, 0.3) is 0 Å². The van der Waals surface area contributed by atoms with Gasteiger partial charge in [-0.1, -0.05) is 19.1 Å². The summed E-state index contributed by atoms with van der Waals surface area (Å²) in [5.74, 6) is 0.942. The van der Waals surface area contributed by atoms with E-state index in [2.05, 4.69) is 10.3 Å². The minimum atomic E-state index is -0.588. The molecule has 0 aliphatic heterocycles.